The number of aliphatic hydroxyl groups excluding tert-OH is 1. The fourth-order valence-electron chi connectivity index (χ4n) is 4.54. The number of primary amides is 1. The van der Waals surface area contributed by atoms with E-state index in [0.29, 0.717) is 47.4 Å². The van der Waals surface area contributed by atoms with Crippen LogP contribution in [0.1, 0.15) is 20.7 Å². The van der Waals surface area contributed by atoms with Crippen LogP contribution in [0.25, 0.3) is 32.9 Å². The molecular formula is C26H24FN3O5. The summed E-state index contributed by atoms with van der Waals surface area (Å²) in [6, 6.07) is 13.3. The van der Waals surface area contributed by atoms with E-state index in [9.17, 15) is 19.1 Å². The van der Waals surface area contributed by atoms with E-state index in [0.717, 1.165) is 10.8 Å². The summed E-state index contributed by atoms with van der Waals surface area (Å²) in [7, 11) is 1.39. The van der Waals surface area contributed by atoms with Crippen LogP contribution in [0.15, 0.2) is 48.5 Å². The molecule has 0 radical (unpaired) electrons. The lowest BCUT2D eigenvalue weighted by Gasteiger charge is -2.32. The average Bonchev–Trinajstić information content (AvgIpc) is 3.25. The SMILES string of the molecule is COc1ccc(-c2cc(C(N)=O)c3[nH]c4cc(C(=O)N5CCOC(CO)C5)ccc4c3c2)cc1F. The normalized spacial score (nSPS) is 16.1. The second-order valence-electron chi connectivity index (χ2n) is 8.47. The lowest BCUT2D eigenvalue weighted by Crippen LogP contribution is -2.46. The molecule has 0 aliphatic carbocycles. The number of fused-ring (bicyclic) bond motifs is 3. The molecule has 1 atom stereocenters. The van der Waals surface area contributed by atoms with Crippen LogP contribution in [0.4, 0.5) is 4.39 Å². The third-order valence-corrected chi connectivity index (χ3v) is 6.33. The van der Waals surface area contributed by atoms with Gasteiger partial charge in [0.05, 0.1) is 37.5 Å². The van der Waals surface area contributed by atoms with Gasteiger partial charge in [0.15, 0.2) is 11.6 Å². The zero-order chi connectivity index (χ0) is 24.7. The van der Waals surface area contributed by atoms with Gasteiger partial charge in [-0.1, -0.05) is 12.1 Å². The van der Waals surface area contributed by atoms with E-state index in [1.165, 1.54) is 19.2 Å². The van der Waals surface area contributed by atoms with Gasteiger partial charge in [-0.2, -0.15) is 0 Å². The molecule has 1 fully saturated rings. The van der Waals surface area contributed by atoms with Crippen LogP contribution in [0, 0.1) is 5.82 Å². The lowest BCUT2D eigenvalue weighted by molar-refractivity contribution is -0.0447. The van der Waals surface area contributed by atoms with E-state index in [2.05, 4.69) is 4.98 Å². The Labute approximate surface area is 200 Å². The largest absolute Gasteiger partial charge is 0.494 e. The van der Waals surface area contributed by atoms with Crippen molar-refractivity contribution in [3.63, 3.8) is 0 Å². The first-order valence-electron chi connectivity index (χ1n) is 11.1. The maximum absolute atomic E-state index is 14.3. The van der Waals surface area contributed by atoms with Crippen molar-refractivity contribution in [3.05, 3.63) is 65.5 Å². The van der Waals surface area contributed by atoms with Crippen molar-refractivity contribution in [2.45, 2.75) is 6.10 Å². The minimum Gasteiger partial charge on any atom is -0.494 e. The third kappa shape index (κ3) is 4.09. The Morgan fingerprint density at radius 1 is 1.17 bits per heavy atom. The van der Waals surface area contributed by atoms with Gasteiger partial charge in [0.25, 0.3) is 11.8 Å². The first-order chi connectivity index (χ1) is 16.9. The zero-order valence-electron chi connectivity index (χ0n) is 19.0. The quantitative estimate of drug-likeness (QED) is 0.408. The summed E-state index contributed by atoms with van der Waals surface area (Å²) >= 11 is 0. The summed E-state index contributed by atoms with van der Waals surface area (Å²) in [5.74, 6) is -1.19. The van der Waals surface area contributed by atoms with Crippen LogP contribution in [-0.4, -0.2) is 66.3 Å². The number of aliphatic hydroxyl groups is 1. The number of nitrogens with zero attached hydrogens (tertiary/aromatic N) is 1. The fourth-order valence-corrected chi connectivity index (χ4v) is 4.54. The highest BCUT2D eigenvalue weighted by Crippen LogP contribution is 2.34. The molecule has 1 aliphatic heterocycles. The van der Waals surface area contributed by atoms with E-state index in [-0.39, 0.29) is 23.8 Å². The van der Waals surface area contributed by atoms with Crippen LogP contribution < -0.4 is 10.5 Å². The highest BCUT2D eigenvalue weighted by Gasteiger charge is 2.25. The van der Waals surface area contributed by atoms with Crippen LogP contribution in [0.3, 0.4) is 0 Å². The monoisotopic (exact) mass is 477 g/mol. The van der Waals surface area contributed by atoms with E-state index >= 15 is 0 Å². The van der Waals surface area contributed by atoms with Crippen LogP contribution >= 0.6 is 0 Å². The molecule has 1 unspecified atom stereocenters. The highest BCUT2D eigenvalue weighted by molar-refractivity contribution is 6.17. The number of ether oxygens (including phenoxy) is 2. The Hall–Kier alpha value is -3.95. The molecule has 4 aromatic rings. The Kier molecular flexibility index (Phi) is 5.88. The van der Waals surface area contributed by atoms with Gasteiger partial charge in [-0.25, -0.2) is 4.39 Å². The van der Waals surface area contributed by atoms with Crippen molar-refractivity contribution in [1.82, 2.24) is 9.88 Å². The molecule has 0 saturated carbocycles. The predicted octanol–water partition coefficient (Wildman–Crippen LogP) is 3.07. The topological polar surface area (TPSA) is 118 Å². The Morgan fingerprint density at radius 3 is 2.71 bits per heavy atom. The van der Waals surface area contributed by atoms with Gasteiger partial charge < -0.3 is 30.2 Å². The maximum atomic E-state index is 14.3. The summed E-state index contributed by atoms with van der Waals surface area (Å²) < 4.78 is 24.8. The number of hydrogen-bond donors (Lipinski definition) is 3. The van der Waals surface area contributed by atoms with Gasteiger partial charge in [0.2, 0.25) is 0 Å². The number of rotatable bonds is 5. The summed E-state index contributed by atoms with van der Waals surface area (Å²) in [6.45, 7) is 0.963. The number of carbonyl (C=O) groups is 2. The van der Waals surface area contributed by atoms with Crippen molar-refractivity contribution in [2.24, 2.45) is 5.73 Å². The molecule has 1 aromatic heterocycles. The van der Waals surface area contributed by atoms with E-state index in [1.807, 2.05) is 12.1 Å². The second kappa shape index (κ2) is 9.01. The molecule has 9 heteroatoms. The minimum atomic E-state index is -0.628. The minimum absolute atomic E-state index is 0.125. The smallest absolute Gasteiger partial charge is 0.254 e. The average molecular weight is 477 g/mol. The maximum Gasteiger partial charge on any atom is 0.254 e. The Balaban J connectivity index is 1.59. The molecule has 8 nitrogen and oxygen atoms in total. The number of aromatic amines is 1. The first kappa shape index (κ1) is 22.8. The highest BCUT2D eigenvalue weighted by atomic mass is 19.1. The molecule has 2 heterocycles. The summed E-state index contributed by atoms with van der Waals surface area (Å²) in [5.41, 5.74) is 8.81. The van der Waals surface area contributed by atoms with Crippen LogP contribution in [0.2, 0.25) is 0 Å². The summed E-state index contributed by atoms with van der Waals surface area (Å²) in [6.07, 6.45) is -0.399. The summed E-state index contributed by atoms with van der Waals surface area (Å²) in [4.78, 5) is 30.2. The van der Waals surface area contributed by atoms with Crippen molar-refractivity contribution >= 4 is 33.6 Å². The molecule has 5 rings (SSSR count). The van der Waals surface area contributed by atoms with Crippen molar-refractivity contribution in [3.8, 4) is 16.9 Å². The van der Waals surface area contributed by atoms with Gasteiger partial charge >= 0.3 is 0 Å². The molecule has 0 bridgehead atoms. The number of aromatic nitrogens is 1. The van der Waals surface area contributed by atoms with Crippen molar-refractivity contribution in [2.75, 3.05) is 33.4 Å². The van der Waals surface area contributed by atoms with Gasteiger partial charge in [0.1, 0.15) is 0 Å². The van der Waals surface area contributed by atoms with Gasteiger partial charge in [-0.05, 0) is 47.5 Å². The molecule has 180 valence electrons. The Bertz CT molecular complexity index is 1460. The molecule has 4 N–H and O–H groups in total. The van der Waals surface area contributed by atoms with Crippen LogP contribution in [-0.2, 0) is 4.74 Å². The fraction of sp³-hybridized carbons (Fsp3) is 0.231. The number of nitrogens with one attached hydrogen (secondary N) is 1. The number of benzene rings is 3. The number of nitrogens with two attached hydrogens (primary N) is 1. The molecule has 2 amide bonds. The first-order valence-corrected chi connectivity index (χ1v) is 11.1. The van der Waals surface area contributed by atoms with E-state index < -0.39 is 17.8 Å². The van der Waals surface area contributed by atoms with Gasteiger partial charge in [0, 0.05) is 34.9 Å². The number of carbonyl (C=O) groups excluding carboxylic acids is 2. The number of halogens is 1. The lowest BCUT2D eigenvalue weighted by atomic mass is 9.98. The van der Waals surface area contributed by atoms with Crippen molar-refractivity contribution in [1.29, 1.82) is 0 Å². The molecule has 0 spiro atoms. The molecule has 3 aromatic carbocycles. The van der Waals surface area contributed by atoms with Crippen LogP contribution in [0.5, 0.6) is 5.75 Å². The number of hydrogen-bond acceptors (Lipinski definition) is 5. The molecule has 1 aliphatic rings. The van der Waals surface area contributed by atoms with E-state index in [1.54, 1.807) is 29.2 Å². The Morgan fingerprint density at radius 2 is 2.00 bits per heavy atom. The molecular weight excluding hydrogens is 453 g/mol. The molecule has 1 saturated heterocycles. The number of methoxy groups -OCH3 is 1. The van der Waals surface area contributed by atoms with E-state index in [4.69, 9.17) is 15.2 Å². The standard InChI is InChI=1S/C26H24FN3O5/c1-34-23-5-3-14(10-21(23)27)16-8-19-18-4-2-15(26(33)30-6-7-35-17(12-30)13-31)11-22(18)29-24(19)20(9-16)25(28)32/h2-5,8-11,17,29,31H,6-7,12-13H2,1H3,(H2,28,32). The zero-order valence-corrected chi connectivity index (χ0v) is 19.0. The predicted molar refractivity (Wildman–Crippen MR) is 129 cm³/mol. The van der Waals surface area contributed by atoms with Gasteiger partial charge in [-0.3, -0.25) is 9.59 Å². The second-order valence-corrected chi connectivity index (χ2v) is 8.47. The number of amides is 2. The molecule has 35 heavy (non-hydrogen) atoms. The van der Waals surface area contributed by atoms with Gasteiger partial charge in [-0.15, -0.1) is 0 Å². The number of morpholine rings is 1. The third-order valence-electron chi connectivity index (χ3n) is 6.33. The number of H-pyrrole nitrogens is 1. The van der Waals surface area contributed by atoms with Crippen molar-refractivity contribution < 1.29 is 28.6 Å². The summed E-state index contributed by atoms with van der Waals surface area (Å²) in [5, 5.41) is 10.9.